The van der Waals surface area contributed by atoms with Crippen molar-refractivity contribution in [2.24, 2.45) is 0 Å². The Balaban J connectivity index is 1.42. The predicted molar refractivity (Wildman–Crippen MR) is 129 cm³/mol. The zero-order valence-electron chi connectivity index (χ0n) is 18.4. The summed E-state index contributed by atoms with van der Waals surface area (Å²) in [5.41, 5.74) is 11.2. The SMILES string of the molecule is Nc1ncc(-c2cnn(C3CCNCC3)c2)cc1-c1cc2c(-c3ccoc3)ccc(F)c2cn1. The summed E-state index contributed by atoms with van der Waals surface area (Å²) in [5, 5.41) is 9.15. The maximum Gasteiger partial charge on any atom is 0.132 e. The number of benzene rings is 1. The van der Waals surface area contributed by atoms with Crippen LogP contribution in [-0.4, -0.2) is 32.8 Å². The highest BCUT2D eigenvalue weighted by atomic mass is 19.1. The number of hydrogen-bond donors (Lipinski definition) is 2. The number of nitrogen functional groups attached to an aromatic ring is 1. The highest BCUT2D eigenvalue weighted by molar-refractivity contribution is 5.98. The fourth-order valence-corrected chi connectivity index (χ4v) is 4.62. The molecular formula is C26H23FN6O. The molecule has 0 saturated carbocycles. The summed E-state index contributed by atoms with van der Waals surface area (Å²) in [6, 6.07) is 9.27. The number of nitrogens with zero attached hydrogens (tertiary/aromatic N) is 4. The van der Waals surface area contributed by atoms with Gasteiger partial charge in [-0.2, -0.15) is 5.10 Å². The van der Waals surface area contributed by atoms with Gasteiger partial charge in [-0.1, -0.05) is 6.07 Å². The summed E-state index contributed by atoms with van der Waals surface area (Å²) in [6.07, 6.45) is 12.6. The number of anilines is 1. The van der Waals surface area contributed by atoms with Crippen LogP contribution in [0.5, 0.6) is 0 Å². The van der Waals surface area contributed by atoms with Gasteiger partial charge in [0.25, 0.3) is 0 Å². The van der Waals surface area contributed by atoms with Crippen LogP contribution in [0.3, 0.4) is 0 Å². The van der Waals surface area contributed by atoms with Crippen molar-refractivity contribution in [2.75, 3.05) is 18.8 Å². The minimum absolute atomic E-state index is 0.327. The molecule has 1 aromatic carbocycles. The van der Waals surface area contributed by atoms with Crippen LogP contribution in [0.25, 0.3) is 44.3 Å². The quantitative estimate of drug-likeness (QED) is 0.394. The molecule has 5 aromatic rings. The second-order valence-electron chi connectivity index (χ2n) is 8.57. The Morgan fingerprint density at radius 2 is 1.82 bits per heavy atom. The van der Waals surface area contributed by atoms with Gasteiger partial charge in [0.2, 0.25) is 0 Å². The minimum atomic E-state index is -0.327. The average Bonchev–Trinajstić information content (AvgIpc) is 3.58. The number of nitrogens with two attached hydrogens (primary N) is 1. The Morgan fingerprint density at radius 3 is 2.65 bits per heavy atom. The van der Waals surface area contributed by atoms with Crippen molar-refractivity contribution in [2.45, 2.75) is 18.9 Å². The van der Waals surface area contributed by atoms with E-state index in [9.17, 15) is 4.39 Å². The molecule has 0 aliphatic carbocycles. The van der Waals surface area contributed by atoms with Crippen LogP contribution in [0, 0.1) is 5.82 Å². The van der Waals surface area contributed by atoms with Crippen LogP contribution in [0.1, 0.15) is 18.9 Å². The molecule has 3 N–H and O–H groups in total. The van der Waals surface area contributed by atoms with Crippen molar-refractivity contribution in [3.05, 3.63) is 73.5 Å². The third-order valence-electron chi connectivity index (χ3n) is 6.49. The lowest BCUT2D eigenvalue weighted by atomic mass is 9.98. The third-order valence-corrected chi connectivity index (χ3v) is 6.49. The zero-order valence-corrected chi connectivity index (χ0v) is 18.4. The van der Waals surface area contributed by atoms with E-state index in [1.165, 1.54) is 6.07 Å². The van der Waals surface area contributed by atoms with E-state index in [0.29, 0.717) is 28.5 Å². The highest BCUT2D eigenvalue weighted by Gasteiger charge is 2.18. The molecule has 0 amide bonds. The van der Waals surface area contributed by atoms with Crippen LogP contribution < -0.4 is 11.1 Å². The first kappa shape index (κ1) is 20.6. The Bertz CT molecular complexity index is 1470. The van der Waals surface area contributed by atoms with Gasteiger partial charge < -0.3 is 15.5 Å². The van der Waals surface area contributed by atoms with E-state index in [0.717, 1.165) is 53.6 Å². The molecule has 7 nitrogen and oxygen atoms in total. The summed E-state index contributed by atoms with van der Waals surface area (Å²) < 4.78 is 21.8. The molecule has 0 bridgehead atoms. The molecular weight excluding hydrogens is 431 g/mol. The molecule has 34 heavy (non-hydrogen) atoms. The van der Waals surface area contributed by atoms with Crippen LogP contribution >= 0.6 is 0 Å². The topological polar surface area (TPSA) is 94.8 Å². The van der Waals surface area contributed by atoms with Crippen molar-refractivity contribution in [1.29, 1.82) is 0 Å². The molecule has 5 heterocycles. The molecule has 170 valence electrons. The molecule has 0 unspecified atom stereocenters. The maximum absolute atomic E-state index is 14.5. The second-order valence-corrected chi connectivity index (χ2v) is 8.57. The van der Waals surface area contributed by atoms with Gasteiger partial charge in [0.15, 0.2) is 0 Å². The molecule has 1 aliphatic heterocycles. The van der Waals surface area contributed by atoms with Crippen molar-refractivity contribution in [1.82, 2.24) is 25.1 Å². The Labute approximate surface area is 195 Å². The molecule has 8 heteroatoms. The van der Waals surface area contributed by atoms with E-state index >= 15 is 0 Å². The van der Waals surface area contributed by atoms with Crippen LogP contribution in [0.2, 0.25) is 0 Å². The number of pyridine rings is 2. The molecule has 1 saturated heterocycles. The maximum atomic E-state index is 14.5. The molecule has 6 rings (SSSR count). The second kappa shape index (κ2) is 8.39. The lowest BCUT2D eigenvalue weighted by Gasteiger charge is -2.22. The lowest BCUT2D eigenvalue weighted by Crippen LogP contribution is -2.29. The normalized spacial score (nSPS) is 14.6. The minimum Gasteiger partial charge on any atom is -0.472 e. The fraction of sp³-hybridized carbons (Fsp3) is 0.192. The number of halogens is 1. The van der Waals surface area contributed by atoms with E-state index < -0.39 is 0 Å². The molecule has 0 spiro atoms. The van der Waals surface area contributed by atoms with Gasteiger partial charge in [0.05, 0.1) is 30.5 Å². The smallest absolute Gasteiger partial charge is 0.132 e. The van der Waals surface area contributed by atoms with E-state index in [2.05, 4.69) is 26.6 Å². The van der Waals surface area contributed by atoms with Gasteiger partial charge >= 0.3 is 0 Å². The first-order valence-corrected chi connectivity index (χ1v) is 11.3. The highest BCUT2D eigenvalue weighted by Crippen LogP contribution is 2.35. The summed E-state index contributed by atoms with van der Waals surface area (Å²) in [5.74, 6) is 0.0362. The Hall–Kier alpha value is -4.04. The van der Waals surface area contributed by atoms with E-state index in [4.69, 9.17) is 10.2 Å². The van der Waals surface area contributed by atoms with Gasteiger partial charge in [-0.05, 0) is 61.1 Å². The summed E-state index contributed by atoms with van der Waals surface area (Å²) >= 11 is 0. The summed E-state index contributed by atoms with van der Waals surface area (Å²) in [7, 11) is 0. The molecule has 1 fully saturated rings. The van der Waals surface area contributed by atoms with E-state index in [-0.39, 0.29) is 5.82 Å². The van der Waals surface area contributed by atoms with E-state index in [1.54, 1.807) is 31.0 Å². The summed E-state index contributed by atoms with van der Waals surface area (Å²) in [4.78, 5) is 8.95. The first-order valence-electron chi connectivity index (χ1n) is 11.3. The molecule has 4 aromatic heterocycles. The van der Waals surface area contributed by atoms with Gasteiger partial charge in [-0.15, -0.1) is 0 Å². The number of hydrogen-bond acceptors (Lipinski definition) is 6. The fourth-order valence-electron chi connectivity index (χ4n) is 4.62. The number of fused-ring (bicyclic) bond motifs is 1. The Kier molecular flexibility index (Phi) is 5.07. The van der Waals surface area contributed by atoms with Gasteiger partial charge in [0.1, 0.15) is 11.6 Å². The number of rotatable bonds is 4. The zero-order chi connectivity index (χ0) is 23.1. The summed E-state index contributed by atoms with van der Waals surface area (Å²) in [6.45, 7) is 2.00. The van der Waals surface area contributed by atoms with Crippen LogP contribution in [0.15, 0.2) is 72.1 Å². The number of nitrogens with one attached hydrogen (secondary N) is 1. The predicted octanol–water partition coefficient (Wildman–Crippen LogP) is 5.07. The van der Waals surface area contributed by atoms with Crippen molar-refractivity contribution in [3.63, 3.8) is 0 Å². The lowest BCUT2D eigenvalue weighted by molar-refractivity contribution is 0.343. The third kappa shape index (κ3) is 3.62. The van der Waals surface area contributed by atoms with Gasteiger partial charge in [0, 0.05) is 46.2 Å². The average molecular weight is 455 g/mol. The molecule has 0 atom stereocenters. The van der Waals surface area contributed by atoms with Gasteiger partial charge in [-0.25, -0.2) is 9.37 Å². The van der Waals surface area contributed by atoms with Crippen molar-refractivity contribution < 1.29 is 8.81 Å². The number of piperidine rings is 1. The first-order chi connectivity index (χ1) is 16.7. The monoisotopic (exact) mass is 454 g/mol. The van der Waals surface area contributed by atoms with Crippen LogP contribution in [-0.2, 0) is 0 Å². The number of furan rings is 1. The number of aromatic nitrogens is 4. The van der Waals surface area contributed by atoms with Crippen molar-refractivity contribution >= 4 is 16.6 Å². The van der Waals surface area contributed by atoms with E-state index in [1.807, 2.05) is 29.1 Å². The van der Waals surface area contributed by atoms with Gasteiger partial charge in [-0.3, -0.25) is 9.67 Å². The molecule has 0 radical (unpaired) electrons. The Morgan fingerprint density at radius 1 is 0.941 bits per heavy atom. The van der Waals surface area contributed by atoms with Crippen molar-refractivity contribution in [3.8, 4) is 33.5 Å². The largest absolute Gasteiger partial charge is 0.472 e. The van der Waals surface area contributed by atoms with Crippen LogP contribution in [0.4, 0.5) is 10.2 Å². The standard InChI is InChI=1S/C26H23FN6O/c27-24-2-1-20(16-5-8-34-15-16)21-10-25(30-13-23(21)24)22-9-17(11-31-26(22)28)18-12-32-33(14-18)19-3-6-29-7-4-19/h1-2,5,8-15,19,29H,3-4,6-7H2,(H2,28,31). The molecule has 1 aliphatic rings.